The van der Waals surface area contributed by atoms with Crippen molar-refractivity contribution in [1.29, 1.82) is 0 Å². The molecular weight excluding hydrogens is 214 g/mol. The Kier molecular flexibility index (Phi) is 4.60. The molecule has 1 nitrogen and oxygen atoms in total. The first-order valence-electron chi connectivity index (χ1n) is 7.07. The minimum atomic E-state index is 0.531. The van der Waals surface area contributed by atoms with Crippen LogP contribution in [0.1, 0.15) is 58.8 Å². The van der Waals surface area contributed by atoms with Crippen LogP contribution in [0, 0.1) is 5.92 Å². The molecule has 0 aromatic rings. The molecule has 0 aromatic heterocycles. The van der Waals surface area contributed by atoms with E-state index < -0.39 is 0 Å². The minimum Gasteiger partial charge on any atom is -0.313 e. The zero-order chi connectivity index (χ0) is 11.4. The summed E-state index contributed by atoms with van der Waals surface area (Å²) in [6.07, 6.45) is 10.1. The van der Waals surface area contributed by atoms with E-state index in [-0.39, 0.29) is 0 Å². The Morgan fingerprint density at radius 1 is 1.25 bits per heavy atom. The third kappa shape index (κ3) is 3.40. The molecular formula is C14H27NS. The third-order valence-electron chi connectivity index (χ3n) is 4.46. The lowest BCUT2D eigenvalue weighted by molar-refractivity contribution is 0.276. The van der Waals surface area contributed by atoms with E-state index in [1.165, 1.54) is 57.2 Å². The monoisotopic (exact) mass is 241 g/mol. The van der Waals surface area contributed by atoms with Crippen LogP contribution < -0.4 is 5.32 Å². The van der Waals surface area contributed by atoms with Crippen molar-refractivity contribution < 1.29 is 0 Å². The quantitative estimate of drug-likeness (QED) is 0.803. The number of nitrogens with one attached hydrogen (secondary N) is 1. The van der Waals surface area contributed by atoms with Gasteiger partial charge in [-0.25, -0.2) is 0 Å². The van der Waals surface area contributed by atoms with Gasteiger partial charge in [-0.2, -0.15) is 11.8 Å². The molecule has 0 radical (unpaired) electrons. The summed E-state index contributed by atoms with van der Waals surface area (Å²) in [5.74, 6) is 2.32. The molecule has 1 aliphatic carbocycles. The maximum Gasteiger partial charge on any atom is 0.0256 e. The topological polar surface area (TPSA) is 12.0 Å². The normalized spacial score (nSPS) is 34.1. The van der Waals surface area contributed by atoms with Crippen LogP contribution in [0.25, 0.3) is 0 Å². The second kappa shape index (κ2) is 5.77. The number of thioether (sulfide) groups is 1. The highest BCUT2D eigenvalue weighted by Gasteiger charge is 2.30. The standard InChI is InChI=1S/C14H27NS/c1-12(13-7-4-3-5-8-13)15-11-14(2)9-6-10-16-14/h12-13,15H,3-11H2,1-2H3. The van der Waals surface area contributed by atoms with Crippen molar-refractivity contribution in [3.8, 4) is 0 Å². The molecule has 0 spiro atoms. The molecule has 0 bridgehead atoms. The van der Waals surface area contributed by atoms with Gasteiger partial charge in [0.15, 0.2) is 0 Å². The van der Waals surface area contributed by atoms with Crippen molar-refractivity contribution in [2.75, 3.05) is 12.3 Å². The van der Waals surface area contributed by atoms with Crippen molar-refractivity contribution >= 4 is 11.8 Å². The van der Waals surface area contributed by atoms with Gasteiger partial charge < -0.3 is 5.32 Å². The number of rotatable bonds is 4. The van der Waals surface area contributed by atoms with E-state index in [9.17, 15) is 0 Å². The van der Waals surface area contributed by atoms with E-state index in [4.69, 9.17) is 0 Å². The van der Waals surface area contributed by atoms with Gasteiger partial charge in [-0.3, -0.25) is 0 Å². The van der Waals surface area contributed by atoms with E-state index in [1.54, 1.807) is 0 Å². The predicted molar refractivity (Wildman–Crippen MR) is 74.1 cm³/mol. The van der Waals surface area contributed by atoms with Crippen LogP contribution in [0.3, 0.4) is 0 Å². The molecule has 2 unspecified atom stereocenters. The van der Waals surface area contributed by atoms with Gasteiger partial charge in [0.1, 0.15) is 0 Å². The number of hydrogen-bond donors (Lipinski definition) is 1. The highest BCUT2D eigenvalue weighted by Crippen LogP contribution is 2.37. The Hall–Kier alpha value is 0.310. The average Bonchev–Trinajstić information content (AvgIpc) is 2.75. The van der Waals surface area contributed by atoms with Gasteiger partial charge in [0.2, 0.25) is 0 Å². The summed E-state index contributed by atoms with van der Waals surface area (Å²) in [7, 11) is 0. The lowest BCUT2D eigenvalue weighted by Crippen LogP contribution is -2.42. The van der Waals surface area contributed by atoms with Crippen molar-refractivity contribution in [3.63, 3.8) is 0 Å². The van der Waals surface area contributed by atoms with Crippen molar-refractivity contribution in [1.82, 2.24) is 5.32 Å². The molecule has 1 saturated heterocycles. The van der Waals surface area contributed by atoms with Crippen LogP contribution in [0.2, 0.25) is 0 Å². The maximum absolute atomic E-state index is 3.81. The summed E-state index contributed by atoms with van der Waals surface area (Å²) in [5.41, 5.74) is 0. The summed E-state index contributed by atoms with van der Waals surface area (Å²) >= 11 is 2.17. The summed E-state index contributed by atoms with van der Waals surface area (Å²) in [6, 6.07) is 0.735. The van der Waals surface area contributed by atoms with Gasteiger partial charge in [0.25, 0.3) is 0 Å². The molecule has 1 saturated carbocycles. The Labute approximate surface area is 105 Å². The van der Waals surface area contributed by atoms with E-state index in [1.807, 2.05) is 0 Å². The molecule has 1 heterocycles. The first-order chi connectivity index (χ1) is 7.70. The summed E-state index contributed by atoms with van der Waals surface area (Å²) < 4.78 is 0.531. The fourth-order valence-electron chi connectivity index (χ4n) is 3.15. The van der Waals surface area contributed by atoms with Crippen LogP contribution in [0.4, 0.5) is 0 Å². The molecule has 1 N–H and O–H groups in total. The average molecular weight is 241 g/mol. The Balaban J connectivity index is 1.71. The van der Waals surface area contributed by atoms with Crippen LogP contribution in [0.15, 0.2) is 0 Å². The Morgan fingerprint density at radius 2 is 2.00 bits per heavy atom. The van der Waals surface area contributed by atoms with Crippen LogP contribution in [0.5, 0.6) is 0 Å². The van der Waals surface area contributed by atoms with E-state index >= 15 is 0 Å². The Morgan fingerprint density at radius 3 is 2.62 bits per heavy atom. The molecule has 1 aliphatic heterocycles. The fraction of sp³-hybridized carbons (Fsp3) is 1.00. The molecule has 2 heteroatoms. The predicted octanol–water partition coefficient (Wildman–Crippen LogP) is 3.83. The van der Waals surface area contributed by atoms with Gasteiger partial charge in [0.05, 0.1) is 0 Å². The largest absolute Gasteiger partial charge is 0.313 e. The highest BCUT2D eigenvalue weighted by atomic mass is 32.2. The Bertz CT molecular complexity index is 205. The van der Waals surface area contributed by atoms with E-state index in [0.717, 1.165) is 12.0 Å². The minimum absolute atomic E-state index is 0.531. The zero-order valence-corrected chi connectivity index (χ0v) is 11.7. The van der Waals surface area contributed by atoms with Gasteiger partial charge in [-0.1, -0.05) is 19.3 Å². The van der Waals surface area contributed by atoms with Crippen LogP contribution in [-0.2, 0) is 0 Å². The molecule has 16 heavy (non-hydrogen) atoms. The summed E-state index contributed by atoms with van der Waals surface area (Å²) in [4.78, 5) is 0. The second-order valence-electron chi connectivity index (χ2n) is 5.97. The van der Waals surface area contributed by atoms with Crippen LogP contribution in [-0.4, -0.2) is 23.1 Å². The van der Waals surface area contributed by atoms with Gasteiger partial charge in [-0.05, 0) is 51.2 Å². The van der Waals surface area contributed by atoms with Crippen molar-refractivity contribution in [3.05, 3.63) is 0 Å². The van der Waals surface area contributed by atoms with E-state index in [2.05, 4.69) is 30.9 Å². The smallest absolute Gasteiger partial charge is 0.0256 e. The molecule has 0 amide bonds. The summed E-state index contributed by atoms with van der Waals surface area (Å²) in [5, 5.41) is 3.81. The SMILES string of the molecule is CC(NCC1(C)CCCS1)C1CCCCC1. The van der Waals surface area contributed by atoms with E-state index in [0.29, 0.717) is 4.75 Å². The van der Waals surface area contributed by atoms with Crippen molar-refractivity contribution in [2.45, 2.75) is 69.6 Å². The molecule has 2 rings (SSSR count). The highest BCUT2D eigenvalue weighted by molar-refractivity contribution is 8.00. The molecule has 94 valence electrons. The van der Waals surface area contributed by atoms with Crippen LogP contribution >= 0.6 is 11.8 Å². The van der Waals surface area contributed by atoms with Crippen molar-refractivity contribution in [2.24, 2.45) is 5.92 Å². The maximum atomic E-state index is 3.81. The molecule has 0 aromatic carbocycles. The molecule has 2 fully saturated rings. The third-order valence-corrected chi connectivity index (χ3v) is 5.99. The lowest BCUT2D eigenvalue weighted by Gasteiger charge is -2.32. The first kappa shape index (κ1) is 12.8. The summed E-state index contributed by atoms with van der Waals surface area (Å²) in [6.45, 7) is 6.06. The first-order valence-corrected chi connectivity index (χ1v) is 8.05. The zero-order valence-electron chi connectivity index (χ0n) is 10.9. The number of hydrogen-bond acceptors (Lipinski definition) is 2. The lowest BCUT2D eigenvalue weighted by atomic mass is 9.84. The molecule has 2 atom stereocenters. The fourth-order valence-corrected chi connectivity index (χ4v) is 4.41. The van der Waals surface area contributed by atoms with Gasteiger partial charge in [-0.15, -0.1) is 0 Å². The molecule has 2 aliphatic rings. The van der Waals surface area contributed by atoms with Gasteiger partial charge in [0, 0.05) is 17.3 Å². The van der Waals surface area contributed by atoms with Gasteiger partial charge >= 0.3 is 0 Å². The second-order valence-corrected chi connectivity index (χ2v) is 7.65.